The van der Waals surface area contributed by atoms with E-state index >= 15 is 0 Å². The Labute approximate surface area is 187 Å². The third-order valence-corrected chi connectivity index (χ3v) is 5.03. The molecule has 0 fully saturated rings. The number of amides is 2. The molecule has 4 rings (SSSR count). The van der Waals surface area contributed by atoms with Gasteiger partial charge in [0, 0.05) is 11.1 Å². The highest BCUT2D eigenvalue weighted by Gasteiger charge is 2.37. The van der Waals surface area contributed by atoms with Gasteiger partial charge in [0.15, 0.2) is 0 Å². The van der Waals surface area contributed by atoms with Gasteiger partial charge in [0.25, 0.3) is 11.8 Å². The summed E-state index contributed by atoms with van der Waals surface area (Å²) in [5.41, 5.74) is 0.842. The Bertz CT molecular complexity index is 1240. The minimum absolute atomic E-state index is 0.363. The third kappa shape index (κ3) is 4.43. The van der Waals surface area contributed by atoms with Gasteiger partial charge in [-0.3, -0.25) is 9.59 Å². The minimum atomic E-state index is -4.72. The van der Waals surface area contributed by atoms with Crippen LogP contribution in [0.15, 0.2) is 77.8 Å². The molecule has 0 aliphatic carbocycles. The van der Waals surface area contributed by atoms with Gasteiger partial charge in [0.2, 0.25) is 6.17 Å². The van der Waals surface area contributed by atoms with Gasteiger partial charge >= 0.3 is 6.18 Å². The second-order valence-corrected chi connectivity index (χ2v) is 7.14. The Hall–Kier alpha value is -4.14. The summed E-state index contributed by atoms with van der Waals surface area (Å²) >= 11 is 0. The van der Waals surface area contributed by atoms with Crippen molar-refractivity contribution in [1.29, 1.82) is 0 Å². The number of anilines is 1. The van der Waals surface area contributed by atoms with Crippen LogP contribution in [0, 0.1) is 0 Å². The summed E-state index contributed by atoms with van der Waals surface area (Å²) in [7, 11) is 1.04. The van der Waals surface area contributed by atoms with Crippen molar-refractivity contribution in [3.8, 4) is 5.75 Å². The molecule has 1 aliphatic rings. The van der Waals surface area contributed by atoms with E-state index in [0.29, 0.717) is 22.5 Å². The first-order valence-electron chi connectivity index (χ1n) is 9.88. The van der Waals surface area contributed by atoms with Crippen molar-refractivity contribution in [2.45, 2.75) is 12.3 Å². The lowest BCUT2D eigenvalue weighted by Gasteiger charge is -2.17. The number of carbonyl (C=O) groups is 2. The Balaban J connectivity index is 1.74. The number of nitrogens with one attached hydrogen (secondary N) is 2. The van der Waals surface area contributed by atoms with Crippen LogP contribution in [0.2, 0.25) is 0 Å². The fourth-order valence-corrected chi connectivity index (χ4v) is 3.54. The molecule has 0 bridgehead atoms. The molecule has 0 aromatic heterocycles. The van der Waals surface area contributed by atoms with Gasteiger partial charge in [0.05, 0.1) is 29.6 Å². The van der Waals surface area contributed by atoms with Crippen molar-refractivity contribution in [3.05, 3.63) is 95.1 Å². The molecule has 33 heavy (non-hydrogen) atoms. The van der Waals surface area contributed by atoms with E-state index in [0.717, 1.165) is 19.2 Å². The van der Waals surface area contributed by atoms with E-state index in [9.17, 15) is 22.8 Å². The largest absolute Gasteiger partial charge is 0.495 e. The highest BCUT2D eigenvalue weighted by atomic mass is 19.4. The Morgan fingerprint density at radius 1 is 1.00 bits per heavy atom. The summed E-state index contributed by atoms with van der Waals surface area (Å²) in [6.07, 6.45) is -6.11. The lowest BCUT2D eigenvalue weighted by atomic mass is 10.0. The first-order valence-corrected chi connectivity index (χ1v) is 9.88. The fourth-order valence-electron chi connectivity index (χ4n) is 3.54. The zero-order chi connectivity index (χ0) is 23.6. The topological polar surface area (TPSA) is 79.8 Å². The summed E-state index contributed by atoms with van der Waals surface area (Å²) in [5, 5.41) is 5.14. The molecule has 168 valence electrons. The number of nitrogens with zero attached hydrogens (tertiary/aromatic N) is 1. The zero-order valence-electron chi connectivity index (χ0n) is 17.3. The Kier molecular flexibility index (Phi) is 5.87. The summed E-state index contributed by atoms with van der Waals surface area (Å²) in [6, 6.07) is 19.2. The SMILES string of the molecule is COc1c(C(=O)N[C@H]2N=C(c3ccccc3)c3ccccc3NC2=O)cccc1C(F)(F)F. The fraction of sp³-hybridized carbons (Fsp3) is 0.125. The van der Waals surface area contributed by atoms with E-state index in [2.05, 4.69) is 15.6 Å². The molecule has 6 nitrogen and oxygen atoms in total. The number of aliphatic imine (C=N–C) groups is 1. The number of benzodiazepines with no additional fused rings is 1. The van der Waals surface area contributed by atoms with Gasteiger partial charge in [-0.25, -0.2) is 4.99 Å². The molecular weight excluding hydrogens is 435 g/mol. The first-order chi connectivity index (χ1) is 15.8. The van der Waals surface area contributed by atoms with Crippen LogP contribution in [0.1, 0.15) is 27.0 Å². The maximum absolute atomic E-state index is 13.3. The maximum atomic E-state index is 13.3. The van der Waals surface area contributed by atoms with Gasteiger partial charge in [-0.05, 0) is 18.2 Å². The van der Waals surface area contributed by atoms with Gasteiger partial charge in [-0.15, -0.1) is 0 Å². The zero-order valence-corrected chi connectivity index (χ0v) is 17.3. The van der Waals surface area contributed by atoms with Crippen molar-refractivity contribution in [3.63, 3.8) is 0 Å². The lowest BCUT2D eigenvalue weighted by molar-refractivity contribution is -0.138. The molecule has 0 radical (unpaired) electrons. The summed E-state index contributed by atoms with van der Waals surface area (Å²) in [6.45, 7) is 0. The second-order valence-electron chi connectivity index (χ2n) is 7.14. The number of hydrogen-bond acceptors (Lipinski definition) is 4. The van der Waals surface area contributed by atoms with Crippen molar-refractivity contribution in [2.75, 3.05) is 12.4 Å². The first kappa shape index (κ1) is 22.1. The summed E-state index contributed by atoms with van der Waals surface area (Å²) in [5.74, 6) is -2.19. The van der Waals surface area contributed by atoms with Crippen LogP contribution in [-0.4, -0.2) is 30.8 Å². The number of methoxy groups -OCH3 is 1. The third-order valence-electron chi connectivity index (χ3n) is 5.03. The van der Waals surface area contributed by atoms with Crippen LogP contribution in [0.4, 0.5) is 18.9 Å². The Morgan fingerprint density at radius 2 is 1.70 bits per heavy atom. The van der Waals surface area contributed by atoms with Crippen molar-refractivity contribution in [2.24, 2.45) is 4.99 Å². The molecule has 3 aromatic carbocycles. The lowest BCUT2D eigenvalue weighted by Crippen LogP contribution is -2.42. The number of ether oxygens (including phenoxy) is 1. The summed E-state index contributed by atoms with van der Waals surface area (Å²) < 4.78 is 44.9. The number of fused-ring (bicyclic) bond motifs is 1. The van der Waals surface area contributed by atoms with E-state index < -0.39 is 35.5 Å². The molecule has 2 amide bonds. The van der Waals surface area contributed by atoms with Gasteiger partial charge in [-0.2, -0.15) is 13.2 Å². The number of alkyl halides is 3. The molecule has 2 N–H and O–H groups in total. The molecule has 1 aliphatic heterocycles. The highest BCUT2D eigenvalue weighted by molar-refractivity contribution is 6.20. The number of halogens is 3. The van der Waals surface area contributed by atoms with E-state index in [1.54, 1.807) is 36.4 Å². The van der Waals surface area contributed by atoms with Gasteiger partial charge in [-0.1, -0.05) is 54.6 Å². The van der Waals surface area contributed by atoms with E-state index in [4.69, 9.17) is 4.74 Å². The molecule has 0 saturated carbocycles. The van der Waals surface area contributed by atoms with Crippen LogP contribution in [0.5, 0.6) is 5.75 Å². The molecule has 0 spiro atoms. The van der Waals surface area contributed by atoms with Gasteiger partial charge < -0.3 is 15.4 Å². The normalized spacial score (nSPS) is 15.6. The van der Waals surface area contributed by atoms with E-state index in [1.807, 2.05) is 18.2 Å². The molecular formula is C24H18F3N3O3. The molecule has 9 heteroatoms. The van der Waals surface area contributed by atoms with Crippen molar-refractivity contribution < 1.29 is 27.5 Å². The number of para-hydroxylation sites is 2. The number of hydrogen-bond donors (Lipinski definition) is 2. The van der Waals surface area contributed by atoms with E-state index in [-0.39, 0.29) is 5.56 Å². The predicted molar refractivity (Wildman–Crippen MR) is 116 cm³/mol. The van der Waals surface area contributed by atoms with Crippen LogP contribution < -0.4 is 15.4 Å². The smallest absolute Gasteiger partial charge is 0.419 e. The molecule has 1 atom stereocenters. The average Bonchev–Trinajstić information content (AvgIpc) is 2.94. The maximum Gasteiger partial charge on any atom is 0.419 e. The molecule has 0 unspecified atom stereocenters. The summed E-state index contributed by atoms with van der Waals surface area (Å²) in [4.78, 5) is 30.3. The van der Waals surface area contributed by atoms with Crippen molar-refractivity contribution in [1.82, 2.24) is 5.32 Å². The second kappa shape index (κ2) is 8.78. The van der Waals surface area contributed by atoms with Crippen LogP contribution in [-0.2, 0) is 11.0 Å². The monoisotopic (exact) mass is 453 g/mol. The standard InChI is InChI=1S/C24H18F3N3O3/c1-33-20-16(11-7-12-17(20)24(25,26)27)22(31)30-21-23(32)28-18-13-6-5-10-15(18)19(29-21)14-8-3-2-4-9-14/h2-13,21H,1H3,(H,28,32)(H,30,31)/t21-/m1/s1. The van der Waals surface area contributed by atoms with Crippen LogP contribution in [0.3, 0.4) is 0 Å². The molecule has 1 heterocycles. The Morgan fingerprint density at radius 3 is 2.39 bits per heavy atom. The van der Waals surface area contributed by atoms with Crippen molar-refractivity contribution >= 4 is 23.2 Å². The number of carbonyl (C=O) groups excluding carboxylic acids is 2. The van der Waals surface area contributed by atoms with E-state index in [1.165, 1.54) is 6.07 Å². The molecule has 3 aromatic rings. The van der Waals surface area contributed by atoms with Crippen LogP contribution in [0.25, 0.3) is 0 Å². The highest BCUT2D eigenvalue weighted by Crippen LogP contribution is 2.38. The number of rotatable bonds is 4. The molecule has 0 saturated heterocycles. The quantitative estimate of drug-likeness (QED) is 0.620. The minimum Gasteiger partial charge on any atom is -0.495 e. The predicted octanol–water partition coefficient (Wildman–Crippen LogP) is 4.26. The average molecular weight is 453 g/mol. The number of benzene rings is 3. The van der Waals surface area contributed by atoms with Gasteiger partial charge in [0.1, 0.15) is 5.75 Å². The van der Waals surface area contributed by atoms with Crippen LogP contribution >= 0.6 is 0 Å².